The van der Waals surface area contributed by atoms with Crippen LogP contribution >= 0.6 is 27.5 Å². The van der Waals surface area contributed by atoms with E-state index in [0.29, 0.717) is 0 Å². The van der Waals surface area contributed by atoms with Crippen LogP contribution in [-0.4, -0.2) is 5.91 Å². The van der Waals surface area contributed by atoms with E-state index in [4.69, 9.17) is 16.3 Å². The number of anilines is 1. The van der Waals surface area contributed by atoms with Gasteiger partial charge in [0.2, 0.25) is 5.91 Å². The third kappa shape index (κ3) is 3.95. The van der Waals surface area contributed by atoms with E-state index in [1.165, 1.54) is 6.92 Å². The van der Waals surface area contributed by atoms with Crippen LogP contribution in [0.15, 0.2) is 40.9 Å². The van der Waals surface area contributed by atoms with Crippen molar-refractivity contribution in [2.75, 3.05) is 5.32 Å². The van der Waals surface area contributed by atoms with Crippen molar-refractivity contribution >= 4 is 39.1 Å². The van der Waals surface area contributed by atoms with Crippen molar-refractivity contribution in [3.8, 4) is 5.75 Å². The number of hydrogen-bond donors (Lipinski definition) is 1. The van der Waals surface area contributed by atoms with E-state index < -0.39 is 5.82 Å². The van der Waals surface area contributed by atoms with E-state index in [1.807, 2.05) is 30.3 Å². The molecule has 0 aliphatic heterocycles. The van der Waals surface area contributed by atoms with Crippen LogP contribution in [0.3, 0.4) is 0 Å². The van der Waals surface area contributed by atoms with Crippen molar-refractivity contribution in [1.82, 2.24) is 0 Å². The number of rotatable bonds is 4. The number of carbonyl (C=O) groups excluding carboxylic acids is 1. The maximum absolute atomic E-state index is 14.1. The maximum Gasteiger partial charge on any atom is 0.221 e. The second-order valence-electron chi connectivity index (χ2n) is 4.32. The summed E-state index contributed by atoms with van der Waals surface area (Å²) >= 11 is 9.29. The van der Waals surface area contributed by atoms with Crippen molar-refractivity contribution in [1.29, 1.82) is 0 Å². The molecule has 6 heteroatoms. The van der Waals surface area contributed by atoms with Gasteiger partial charge in [0.1, 0.15) is 6.61 Å². The number of hydrogen-bond acceptors (Lipinski definition) is 2. The molecule has 21 heavy (non-hydrogen) atoms. The molecule has 0 aliphatic rings. The lowest BCUT2D eigenvalue weighted by Gasteiger charge is -2.13. The molecule has 0 atom stereocenters. The Bertz CT molecular complexity index is 664. The highest BCUT2D eigenvalue weighted by atomic mass is 79.9. The molecule has 110 valence electrons. The fourth-order valence-corrected chi connectivity index (χ4v) is 2.43. The molecule has 2 aromatic rings. The summed E-state index contributed by atoms with van der Waals surface area (Å²) in [5.41, 5.74) is 1.10. The lowest BCUT2D eigenvalue weighted by atomic mass is 10.2. The normalized spacial score (nSPS) is 10.3. The van der Waals surface area contributed by atoms with Gasteiger partial charge in [-0.3, -0.25) is 4.79 Å². The van der Waals surface area contributed by atoms with Gasteiger partial charge in [0.25, 0.3) is 0 Å². The summed E-state index contributed by atoms with van der Waals surface area (Å²) in [6.45, 7) is 1.54. The van der Waals surface area contributed by atoms with E-state index >= 15 is 0 Å². The Labute approximate surface area is 135 Å². The number of nitrogens with one attached hydrogen (secondary N) is 1. The van der Waals surface area contributed by atoms with Crippen LogP contribution in [0, 0.1) is 5.82 Å². The summed E-state index contributed by atoms with van der Waals surface area (Å²) in [4.78, 5) is 11.0. The van der Waals surface area contributed by atoms with Gasteiger partial charge in [-0.2, -0.15) is 0 Å². The molecule has 0 saturated carbocycles. The number of amides is 1. The van der Waals surface area contributed by atoms with Gasteiger partial charge in [-0.15, -0.1) is 0 Å². The minimum absolute atomic E-state index is 0.0120. The van der Waals surface area contributed by atoms with Crippen LogP contribution in [0.5, 0.6) is 5.75 Å². The van der Waals surface area contributed by atoms with Gasteiger partial charge in [0.15, 0.2) is 11.6 Å². The Hall–Kier alpha value is -1.59. The number of ether oxygens (including phenoxy) is 1. The highest BCUT2D eigenvalue weighted by molar-refractivity contribution is 9.10. The number of benzene rings is 2. The summed E-state index contributed by atoms with van der Waals surface area (Å²) in [7, 11) is 0. The van der Waals surface area contributed by atoms with Crippen molar-refractivity contribution < 1.29 is 13.9 Å². The first-order chi connectivity index (χ1) is 9.99. The topological polar surface area (TPSA) is 38.3 Å². The summed E-state index contributed by atoms with van der Waals surface area (Å²) < 4.78 is 19.8. The molecule has 1 N–H and O–H groups in total. The molecule has 0 aromatic heterocycles. The highest BCUT2D eigenvalue weighted by Crippen LogP contribution is 2.40. The van der Waals surface area contributed by atoms with Crippen LogP contribution in [0.2, 0.25) is 5.02 Å². The first kappa shape index (κ1) is 15.8. The zero-order valence-corrected chi connectivity index (χ0v) is 13.5. The van der Waals surface area contributed by atoms with Gasteiger partial charge in [0.05, 0.1) is 15.2 Å². The molecule has 0 unspecified atom stereocenters. The zero-order chi connectivity index (χ0) is 15.4. The Kier molecular flexibility index (Phi) is 5.20. The molecule has 0 fully saturated rings. The van der Waals surface area contributed by atoms with Gasteiger partial charge in [0, 0.05) is 13.0 Å². The van der Waals surface area contributed by atoms with E-state index in [0.717, 1.165) is 11.6 Å². The largest absolute Gasteiger partial charge is 0.485 e. The maximum atomic E-state index is 14.1. The molecular formula is C15H12BrClFNO2. The summed E-state index contributed by atoms with van der Waals surface area (Å²) in [5, 5.41) is 2.65. The van der Waals surface area contributed by atoms with Crippen LogP contribution in [0.1, 0.15) is 12.5 Å². The van der Waals surface area contributed by atoms with Crippen molar-refractivity contribution in [3.63, 3.8) is 0 Å². The number of halogens is 3. The average Bonchev–Trinajstić information content (AvgIpc) is 2.45. The minimum Gasteiger partial charge on any atom is -0.485 e. The van der Waals surface area contributed by atoms with Crippen LogP contribution in [-0.2, 0) is 11.4 Å². The molecule has 0 radical (unpaired) electrons. The zero-order valence-electron chi connectivity index (χ0n) is 11.1. The lowest BCUT2D eigenvalue weighted by molar-refractivity contribution is -0.114. The Morgan fingerprint density at radius 2 is 2.05 bits per heavy atom. The van der Waals surface area contributed by atoms with E-state index in [-0.39, 0.29) is 33.4 Å². The third-order valence-electron chi connectivity index (χ3n) is 2.65. The quantitative estimate of drug-likeness (QED) is 0.785. The Morgan fingerprint density at radius 1 is 1.38 bits per heavy atom. The van der Waals surface area contributed by atoms with Gasteiger partial charge in [-0.05, 0) is 21.5 Å². The smallest absolute Gasteiger partial charge is 0.221 e. The second-order valence-corrected chi connectivity index (χ2v) is 5.49. The minimum atomic E-state index is -0.606. The Morgan fingerprint density at radius 3 is 2.67 bits per heavy atom. The van der Waals surface area contributed by atoms with Gasteiger partial charge >= 0.3 is 0 Å². The highest BCUT2D eigenvalue weighted by Gasteiger charge is 2.17. The average molecular weight is 373 g/mol. The summed E-state index contributed by atoms with van der Waals surface area (Å²) in [5.74, 6) is -0.926. The van der Waals surface area contributed by atoms with Crippen LogP contribution in [0.25, 0.3) is 0 Å². The predicted octanol–water partition coefficient (Wildman–Crippen LogP) is 4.78. The standard InChI is InChI=1S/C15H12BrClFNO2/c1-9(20)19-12-7-11(18)15(13(16)14(12)17)21-8-10-5-3-2-4-6-10/h2-7H,8H2,1H3,(H,19,20). The first-order valence-electron chi connectivity index (χ1n) is 6.11. The van der Waals surface area contributed by atoms with E-state index in [1.54, 1.807) is 0 Å². The SMILES string of the molecule is CC(=O)Nc1cc(F)c(OCc2ccccc2)c(Br)c1Cl. The third-order valence-corrected chi connectivity index (χ3v) is 4.03. The molecule has 1 amide bonds. The fourth-order valence-electron chi connectivity index (χ4n) is 1.72. The van der Waals surface area contributed by atoms with E-state index in [2.05, 4.69) is 21.2 Å². The van der Waals surface area contributed by atoms with Crippen molar-refractivity contribution in [2.45, 2.75) is 13.5 Å². The van der Waals surface area contributed by atoms with Crippen molar-refractivity contribution in [2.24, 2.45) is 0 Å². The molecule has 0 bridgehead atoms. The van der Waals surface area contributed by atoms with Crippen molar-refractivity contribution in [3.05, 3.63) is 57.3 Å². The molecule has 0 heterocycles. The summed E-state index contributed by atoms with van der Waals surface area (Å²) in [6.07, 6.45) is 0. The molecule has 2 aromatic carbocycles. The molecule has 0 aliphatic carbocycles. The lowest BCUT2D eigenvalue weighted by Crippen LogP contribution is -2.08. The summed E-state index contributed by atoms with van der Waals surface area (Å²) in [6, 6.07) is 10.5. The molecule has 0 saturated heterocycles. The van der Waals surface area contributed by atoms with Gasteiger partial charge < -0.3 is 10.1 Å². The molecule has 2 rings (SSSR count). The molecular weight excluding hydrogens is 361 g/mol. The molecule has 0 spiro atoms. The monoisotopic (exact) mass is 371 g/mol. The second kappa shape index (κ2) is 6.91. The van der Waals surface area contributed by atoms with E-state index in [9.17, 15) is 9.18 Å². The Balaban J connectivity index is 2.24. The number of carbonyl (C=O) groups is 1. The van der Waals surface area contributed by atoms with Crippen LogP contribution < -0.4 is 10.1 Å². The van der Waals surface area contributed by atoms with Crippen LogP contribution in [0.4, 0.5) is 10.1 Å². The predicted molar refractivity (Wildman–Crippen MR) is 84.2 cm³/mol. The molecule has 3 nitrogen and oxygen atoms in total. The first-order valence-corrected chi connectivity index (χ1v) is 7.28. The fraction of sp³-hybridized carbons (Fsp3) is 0.133. The van der Waals surface area contributed by atoms with Gasteiger partial charge in [-0.25, -0.2) is 4.39 Å². The van der Waals surface area contributed by atoms with Gasteiger partial charge in [-0.1, -0.05) is 41.9 Å².